The third-order valence-corrected chi connectivity index (χ3v) is 3.63. The Kier molecular flexibility index (Phi) is 5.18. The summed E-state index contributed by atoms with van der Waals surface area (Å²) in [6, 6.07) is 0. The molecule has 118 valence electrons. The summed E-state index contributed by atoms with van der Waals surface area (Å²) in [5, 5.41) is 0. The molecule has 2 rings (SSSR count). The largest absolute Gasteiger partial charge is 0.456 e. The van der Waals surface area contributed by atoms with E-state index in [1.807, 2.05) is 6.08 Å². The second-order valence-electron chi connectivity index (χ2n) is 4.80. The summed E-state index contributed by atoms with van der Waals surface area (Å²) in [6.07, 6.45) is -3.53. The molecule has 0 radical (unpaired) electrons. The summed E-state index contributed by atoms with van der Waals surface area (Å²) in [6.45, 7) is 6.96. The zero-order valence-corrected chi connectivity index (χ0v) is 11.5. The molecule has 2 aliphatic rings. The first-order valence-corrected chi connectivity index (χ1v) is 6.48. The number of epoxide rings is 1. The van der Waals surface area contributed by atoms with Crippen LogP contribution in [-0.2, 0) is 9.47 Å². The molecule has 2 heterocycles. The van der Waals surface area contributed by atoms with Crippen molar-refractivity contribution in [1.82, 2.24) is 0 Å². The van der Waals surface area contributed by atoms with Crippen molar-refractivity contribution < 1.29 is 31.4 Å². The summed E-state index contributed by atoms with van der Waals surface area (Å²) < 4.78 is 73.1. The Labute approximate surface area is 114 Å². The first-order valence-electron chi connectivity index (χ1n) is 6.48. The standard InChI is InChI=1S/C9H11F5O2.C4H8/c1-2-7(8(10,11)9(12,13)14)5(3-16-7)6-4-15-6;1-3-4-2/h5-6H,2-4H2,1H3;3H,1,4H2,2H3. The minimum atomic E-state index is -5.59. The van der Waals surface area contributed by atoms with Gasteiger partial charge >= 0.3 is 12.1 Å². The third-order valence-electron chi connectivity index (χ3n) is 3.63. The fourth-order valence-corrected chi connectivity index (χ4v) is 2.23. The van der Waals surface area contributed by atoms with E-state index < -0.39 is 29.7 Å². The molecule has 0 aromatic heterocycles. The van der Waals surface area contributed by atoms with Crippen LogP contribution in [0.3, 0.4) is 0 Å². The van der Waals surface area contributed by atoms with Gasteiger partial charge < -0.3 is 9.47 Å². The minimum Gasteiger partial charge on any atom is -0.373 e. The lowest BCUT2D eigenvalue weighted by atomic mass is 9.73. The molecule has 0 amide bonds. The average molecular weight is 302 g/mol. The quantitative estimate of drug-likeness (QED) is 0.445. The number of hydrogen-bond donors (Lipinski definition) is 0. The highest BCUT2D eigenvalue weighted by Crippen LogP contribution is 2.57. The highest BCUT2D eigenvalue weighted by molar-refractivity contribution is 5.11. The summed E-state index contributed by atoms with van der Waals surface area (Å²) >= 11 is 0. The first-order chi connectivity index (χ1) is 9.18. The van der Waals surface area contributed by atoms with E-state index in [-0.39, 0.29) is 19.6 Å². The third kappa shape index (κ3) is 2.83. The van der Waals surface area contributed by atoms with Gasteiger partial charge in [-0.25, -0.2) is 0 Å². The van der Waals surface area contributed by atoms with E-state index in [0.717, 1.165) is 6.42 Å². The molecule has 2 aliphatic heterocycles. The van der Waals surface area contributed by atoms with E-state index in [1.54, 1.807) is 0 Å². The van der Waals surface area contributed by atoms with Crippen LogP contribution < -0.4 is 0 Å². The van der Waals surface area contributed by atoms with Gasteiger partial charge in [-0.05, 0) is 12.8 Å². The van der Waals surface area contributed by atoms with Crippen LogP contribution in [0.5, 0.6) is 0 Å². The van der Waals surface area contributed by atoms with Crippen molar-refractivity contribution in [2.75, 3.05) is 13.2 Å². The van der Waals surface area contributed by atoms with Crippen LogP contribution in [0.4, 0.5) is 22.0 Å². The molecule has 0 spiro atoms. The Morgan fingerprint density at radius 2 is 1.70 bits per heavy atom. The molecule has 0 saturated carbocycles. The van der Waals surface area contributed by atoms with Crippen LogP contribution in [0, 0.1) is 5.92 Å². The maximum absolute atomic E-state index is 13.4. The average Bonchev–Trinajstić information content (AvgIpc) is 3.12. The molecule has 2 nitrogen and oxygen atoms in total. The molecular formula is C13H19F5O2. The van der Waals surface area contributed by atoms with Crippen LogP contribution in [-0.4, -0.2) is 37.0 Å². The van der Waals surface area contributed by atoms with Crippen LogP contribution in [0.1, 0.15) is 26.7 Å². The van der Waals surface area contributed by atoms with Crippen LogP contribution >= 0.6 is 0 Å². The molecule has 0 N–H and O–H groups in total. The van der Waals surface area contributed by atoms with Gasteiger partial charge in [0.2, 0.25) is 0 Å². The van der Waals surface area contributed by atoms with Gasteiger partial charge in [-0.15, -0.1) is 6.58 Å². The van der Waals surface area contributed by atoms with Gasteiger partial charge in [0.15, 0.2) is 0 Å². The SMILES string of the molecule is C=CCC.CCC1(C(F)(F)C(F)(F)F)OCC1C1CO1. The summed E-state index contributed by atoms with van der Waals surface area (Å²) in [4.78, 5) is 0. The maximum Gasteiger partial charge on any atom is 0.456 e. The lowest BCUT2D eigenvalue weighted by Gasteiger charge is -2.52. The topological polar surface area (TPSA) is 21.8 Å². The zero-order valence-electron chi connectivity index (χ0n) is 11.5. The number of allylic oxidation sites excluding steroid dienone is 1. The van der Waals surface area contributed by atoms with Gasteiger partial charge in [-0.2, -0.15) is 22.0 Å². The smallest absolute Gasteiger partial charge is 0.373 e. The minimum absolute atomic E-state index is 0.0931. The molecule has 7 heteroatoms. The van der Waals surface area contributed by atoms with Gasteiger partial charge in [0.1, 0.15) is 5.60 Å². The predicted octanol–water partition coefficient (Wildman–Crippen LogP) is 3.96. The number of halogens is 5. The van der Waals surface area contributed by atoms with E-state index in [0.29, 0.717) is 0 Å². The lowest BCUT2D eigenvalue weighted by Crippen LogP contribution is -2.70. The van der Waals surface area contributed by atoms with Gasteiger partial charge in [0.05, 0.1) is 19.3 Å². The second kappa shape index (κ2) is 5.97. The zero-order chi connectivity index (χ0) is 15.6. The molecular weight excluding hydrogens is 283 g/mol. The van der Waals surface area contributed by atoms with Crippen molar-refractivity contribution >= 4 is 0 Å². The first kappa shape index (κ1) is 17.4. The van der Waals surface area contributed by atoms with Crippen molar-refractivity contribution in [3.63, 3.8) is 0 Å². The maximum atomic E-state index is 13.4. The van der Waals surface area contributed by atoms with Gasteiger partial charge in [0, 0.05) is 5.92 Å². The Bertz CT molecular complexity index is 334. The van der Waals surface area contributed by atoms with Gasteiger partial charge in [0.25, 0.3) is 0 Å². The van der Waals surface area contributed by atoms with Crippen molar-refractivity contribution in [1.29, 1.82) is 0 Å². The fourth-order valence-electron chi connectivity index (χ4n) is 2.23. The molecule has 2 saturated heterocycles. The highest BCUT2D eigenvalue weighted by Gasteiger charge is 2.77. The molecule has 0 aromatic carbocycles. The lowest BCUT2D eigenvalue weighted by molar-refractivity contribution is -0.398. The van der Waals surface area contributed by atoms with E-state index in [4.69, 9.17) is 4.74 Å². The van der Waals surface area contributed by atoms with E-state index in [9.17, 15) is 22.0 Å². The van der Waals surface area contributed by atoms with Crippen LogP contribution in [0.25, 0.3) is 0 Å². The van der Waals surface area contributed by atoms with E-state index >= 15 is 0 Å². The second-order valence-corrected chi connectivity index (χ2v) is 4.80. The molecule has 3 atom stereocenters. The summed E-state index contributed by atoms with van der Waals surface area (Å²) in [5.74, 6) is -5.70. The predicted molar refractivity (Wildman–Crippen MR) is 63.7 cm³/mol. The molecule has 20 heavy (non-hydrogen) atoms. The molecule has 0 bridgehead atoms. The monoisotopic (exact) mass is 302 g/mol. The Balaban J connectivity index is 0.000000444. The molecule has 0 aliphatic carbocycles. The number of ether oxygens (including phenoxy) is 2. The molecule has 3 unspecified atom stereocenters. The normalized spacial score (nSPS) is 32.8. The summed E-state index contributed by atoms with van der Waals surface area (Å²) in [5.41, 5.74) is -2.44. The van der Waals surface area contributed by atoms with Crippen molar-refractivity contribution in [3.8, 4) is 0 Å². The van der Waals surface area contributed by atoms with E-state index in [1.165, 1.54) is 6.92 Å². The van der Waals surface area contributed by atoms with Gasteiger partial charge in [-0.1, -0.05) is 19.9 Å². The van der Waals surface area contributed by atoms with Crippen molar-refractivity contribution in [2.45, 2.75) is 50.5 Å². The fraction of sp³-hybridized carbons (Fsp3) is 0.846. The molecule has 0 aromatic rings. The van der Waals surface area contributed by atoms with Crippen molar-refractivity contribution in [2.24, 2.45) is 5.92 Å². The van der Waals surface area contributed by atoms with Gasteiger partial charge in [-0.3, -0.25) is 0 Å². The number of alkyl halides is 5. The Morgan fingerprint density at radius 1 is 1.20 bits per heavy atom. The Morgan fingerprint density at radius 3 is 1.90 bits per heavy atom. The number of rotatable bonds is 4. The van der Waals surface area contributed by atoms with Crippen LogP contribution in [0.2, 0.25) is 0 Å². The summed E-state index contributed by atoms with van der Waals surface area (Å²) in [7, 11) is 0. The Hall–Kier alpha value is -0.690. The number of hydrogen-bond acceptors (Lipinski definition) is 2. The van der Waals surface area contributed by atoms with Crippen molar-refractivity contribution in [3.05, 3.63) is 12.7 Å². The van der Waals surface area contributed by atoms with E-state index in [2.05, 4.69) is 18.2 Å². The van der Waals surface area contributed by atoms with Crippen LogP contribution in [0.15, 0.2) is 12.7 Å². The highest BCUT2D eigenvalue weighted by atomic mass is 19.4. The molecule has 2 fully saturated rings.